The molecule has 132 valence electrons. The maximum atomic E-state index is 12.6. The third-order valence-corrected chi connectivity index (χ3v) is 4.31. The highest BCUT2D eigenvalue weighted by Crippen LogP contribution is 2.20. The van der Waals surface area contributed by atoms with E-state index >= 15 is 0 Å². The van der Waals surface area contributed by atoms with E-state index in [0.717, 1.165) is 5.56 Å². The van der Waals surface area contributed by atoms with E-state index in [2.05, 4.69) is 24.4 Å². The number of para-hydroxylation sites is 1. The lowest BCUT2D eigenvalue weighted by Gasteiger charge is -2.15. The molecule has 0 bridgehead atoms. The van der Waals surface area contributed by atoms with Crippen LogP contribution in [0.2, 0.25) is 0 Å². The number of amides is 1. The second-order valence-corrected chi connectivity index (χ2v) is 6.29. The summed E-state index contributed by atoms with van der Waals surface area (Å²) in [7, 11) is 0. The molecule has 3 aromatic rings. The average molecular weight is 345 g/mol. The van der Waals surface area contributed by atoms with Crippen LogP contribution in [0, 0.1) is 0 Å². The van der Waals surface area contributed by atoms with Gasteiger partial charge < -0.3 is 10.1 Å². The summed E-state index contributed by atoms with van der Waals surface area (Å²) in [5.74, 6) is 0.732. The minimum absolute atomic E-state index is 0.114. The van der Waals surface area contributed by atoms with E-state index in [1.54, 1.807) is 6.07 Å². The first kappa shape index (κ1) is 17.7. The minimum atomic E-state index is -0.114. The quantitative estimate of drug-likeness (QED) is 0.668. The fraction of sp³-hybridized carbons (Fsp3) is 0.174. The Morgan fingerprint density at radius 2 is 1.50 bits per heavy atom. The van der Waals surface area contributed by atoms with E-state index in [0.29, 0.717) is 24.5 Å². The molecule has 0 saturated heterocycles. The van der Waals surface area contributed by atoms with E-state index < -0.39 is 0 Å². The number of ether oxygens (including phenoxy) is 1. The van der Waals surface area contributed by atoms with Crippen LogP contribution in [0.1, 0.15) is 34.3 Å². The Hall–Kier alpha value is -3.07. The van der Waals surface area contributed by atoms with Crippen molar-refractivity contribution in [2.45, 2.75) is 19.4 Å². The van der Waals surface area contributed by atoms with Crippen LogP contribution in [0.3, 0.4) is 0 Å². The van der Waals surface area contributed by atoms with Gasteiger partial charge in [-0.05, 0) is 29.2 Å². The van der Waals surface area contributed by atoms with Crippen molar-refractivity contribution >= 4 is 5.91 Å². The van der Waals surface area contributed by atoms with Crippen LogP contribution in [-0.4, -0.2) is 12.5 Å². The van der Waals surface area contributed by atoms with E-state index in [-0.39, 0.29) is 11.8 Å². The summed E-state index contributed by atoms with van der Waals surface area (Å²) in [5.41, 5.74) is 2.84. The Balaban J connectivity index is 1.62. The van der Waals surface area contributed by atoms with Gasteiger partial charge in [-0.3, -0.25) is 4.79 Å². The third-order valence-electron chi connectivity index (χ3n) is 4.31. The van der Waals surface area contributed by atoms with E-state index in [1.807, 2.05) is 66.7 Å². The number of carbonyl (C=O) groups is 1. The van der Waals surface area contributed by atoms with Crippen LogP contribution in [0.4, 0.5) is 0 Å². The van der Waals surface area contributed by atoms with Gasteiger partial charge in [0.15, 0.2) is 0 Å². The van der Waals surface area contributed by atoms with Crippen LogP contribution < -0.4 is 10.1 Å². The lowest BCUT2D eigenvalue weighted by atomic mass is 10.0. The van der Waals surface area contributed by atoms with Gasteiger partial charge in [0, 0.05) is 6.54 Å². The van der Waals surface area contributed by atoms with E-state index in [9.17, 15) is 4.79 Å². The highest BCUT2D eigenvalue weighted by atomic mass is 16.5. The van der Waals surface area contributed by atoms with Crippen LogP contribution in [-0.2, 0) is 6.61 Å². The summed E-state index contributed by atoms with van der Waals surface area (Å²) < 4.78 is 5.87. The van der Waals surface area contributed by atoms with Gasteiger partial charge >= 0.3 is 0 Å². The Labute approximate surface area is 154 Å². The predicted molar refractivity (Wildman–Crippen MR) is 104 cm³/mol. The molecule has 1 amide bonds. The molecular weight excluding hydrogens is 322 g/mol. The van der Waals surface area contributed by atoms with Crippen molar-refractivity contribution in [2.75, 3.05) is 6.54 Å². The van der Waals surface area contributed by atoms with Crippen LogP contribution in [0.15, 0.2) is 84.9 Å². The number of nitrogens with one attached hydrogen (secondary N) is 1. The molecule has 0 aliphatic rings. The van der Waals surface area contributed by atoms with Crippen molar-refractivity contribution in [3.63, 3.8) is 0 Å². The van der Waals surface area contributed by atoms with Crippen molar-refractivity contribution < 1.29 is 9.53 Å². The molecule has 0 saturated carbocycles. The van der Waals surface area contributed by atoms with Gasteiger partial charge in [0.1, 0.15) is 12.4 Å². The van der Waals surface area contributed by atoms with Gasteiger partial charge in [-0.1, -0.05) is 79.7 Å². The van der Waals surface area contributed by atoms with E-state index in [1.165, 1.54) is 5.56 Å². The van der Waals surface area contributed by atoms with Crippen molar-refractivity contribution in [1.82, 2.24) is 5.32 Å². The molecule has 1 unspecified atom stereocenters. The summed E-state index contributed by atoms with van der Waals surface area (Å²) in [6.45, 7) is 3.12. The number of hydrogen-bond acceptors (Lipinski definition) is 2. The molecule has 3 nitrogen and oxygen atoms in total. The van der Waals surface area contributed by atoms with Gasteiger partial charge in [0.25, 0.3) is 5.91 Å². The average Bonchev–Trinajstić information content (AvgIpc) is 2.72. The Bertz CT molecular complexity index is 831. The zero-order chi connectivity index (χ0) is 18.2. The standard InChI is InChI=1S/C23H23NO2/c1-18(20-12-6-3-7-13-20)16-24-23(25)21-14-8-9-15-22(21)26-17-19-10-4-2-5-11-19/h2-15,18H,16-17H2,1H3,(H,24,25). The maximum Gasteiger partial charge on any atom is 0.255 e. The first-order valence-corrected chi connectivity index (χ1v) is 8.83. The Morgan fingerprint density at radius 1 is 0.885 bits per heavy atom. The summed E-state index contributed by atoms with van der Waals surface area (Å²) >= 11 is 0. The first-order chi connectivity index (χ1) is 12.7. The van der Waals surface area contributed by atoms with E-state index in [4.69, 9.17) is 4.74 Å². The largest absolute Gasteiger partial charge is 0.488 e. The Kier molecular flexibility index (Phi) is 6.05. The van der Waals surface area contributed by atoms with Gasteiger partial charge in [-0.2, -0.15) is 0 Å². The van der Waals surface area contributed by atoms with Crippen molar-refractivity contribution in [2.24, 2.45) is 0 Å². The van der Waals surface area contributed by atoms with Gasteiger partial charge in [0.05, 0.1) is 5.56 Å². The lowest BCUT2D eigenvalue weighted by molar-refractivity contribution is 0.0947. The highest BCUT2D eigenvalue weighted by molar-refractivity contribution is 5.96. The molecule has 1 atom stereocenters. The molecule has 0 spiro atoms. The summed E-state index contributed by atoms with van der Waals surface area (Å²) in [6, 6.07) is 27.5. The van der Waals surface area contributed by atoms with Crippen LogP contribution in [0.25, 0.3) is 0 Å². The molecule has 0 aliphatic carbocycles. The second-order valence-electron chi connectivity index (χ2n) is 6.29. The predicted octanol–water partition coefficient (Wildman–Crippen LogP) is 4.80. The molecule has 0 aliphatic heterocycles. The summed E-state index contributed by atoms with van der Waals surface area (Å²) in [4.78, 5) is 12.6. The molecular formula is C23H23NO2. The zero-order valence-electron chi connectivity index (χ0n) is 14.9. The molecule has 26 heavy (non-hydrogen) atoms. The van der Waals surface area contributed by atoms with Crippen molar-refractivity contribution in [3.05, 3.63) is 102 Å². The number of hydrogen-bond donors (Lipinski definition) is 1. The molecule has 3 aromatic carbocycles. The lowest BCUT2D eigenvalue weighted by Crippen LogP contribution is -2.27. The van der Waals surface area contributed by atoms with Gasteiger partial charge in [-0.25, -0.2) is 0 Å². The molecule has 0 fully saturated rings. The van der Waals surface area contributed by atoms with Crippen molar-refractivity contribution in [3.8, 4) is 5.75 Å². The smallest absolute Gasteiger partial charge is 0.255 e. The maximum absolute atomic E-state index is 12.6. The second kappa shape index (κ2) is 8.86. The number of rotatable bonds is 7. The topological polar surface area (TPSA) is 38.3 Å². The minimum Gasteiger partial charge on any atom is -0.488 e. The monoisotopic (exact) mass is 345 g/mol. The molecule has 3 heteroatoms. The molecule has 1 N–H and O–H groups in total. The Morgan fingerprint density at radius 3 is 2.23 bits per heavy atom. The fourth-order valence-corrected chi connectivity index (χ4v) is 2.76. The SMILES string of the molecule is CC(CNC(=O)c1ccccc1OCc1ccccc1)c1ccccc1. The van der Waals surface area contributed by atoms with Gasteiger partial charge in [-0.15, -0.1) is 0 Å². The normalized spacial score (nSPS) is 11.6. The van der Waals surface area contributed by atoms with Crippen LogP contribution >= 0.6 is 0 Å². The fourth-order valence-electron chi connectivity index (χ4n) is 2.76. The molecule has 0 radical (unpaired) electrons. The first-order valence-electron chi connectivity index (χ1n) is 8.83. The van der Waals surface area contributed by atoms with Crippen LogP contribution in [0.5, 0.6) is 5.75 Å². The zero-order valence-corrected chi connectivity index (χ0v) is 14.9. The molecule has 0 aromatic heterocycles. The third kappa shape index (κ3) is 4.73. The highest BCUT2D eigenvalue weighted by Gasteiger charge is 2.13. The van der Waals surface area contributed by atoms with Crippen molar-refractivity contribution in [1.29, 1.82) is 0 Å². The number of benzene rings is 3. The summed E-state index contributed by atoms with van der Waals surface area (Å²) in [6.07, 6.45) is 0. The molecule has 3 rings (SSSR count). The van der Waals surface area contributed by atoms with Gasteiger partial charge in [0.2, 0.25) is 0 Å². The summed E-state index contributed by atoms with van der Waals surface area (Å²) in [5, 5.41) is 3.02. The number of carbonyl (C=O) groups excluding carboxylic acids is 1. The molecule has 0 heterocycles.